The number of benzene rings is 4. The predicted molar refractivity (Wildman–Crippen MR) is 112 cm³/mol. The Morgan fingerprint density at radius 2 is 0.852 bits per heavy atom. The van der Waals surface area contributed by atoms with Gasteiger partial charge in [0.2, 0.25) is 0 Å². The molecule has 0 heterocycles. The molecule has 130 valence electrons. The summed E-state index contributed by atoms with van der Waals surface area (Å²) in [5, 5.41) is 8.73. The fraction of sp³-hybridized carbons (Fsp3) is 0. The minimum absolute atomic E-state index is 0.813. The van der Waals surface area contributed by atoms with Crippen molar-refractivity contribution in [2.75, 3.05) is 4.90 Å². The monoisotopic (exact) mass is 349 g/mol. The molecule has 27 heavy (non-hydrogen) atoms. The van der Waals surface area contributed by atoms with Crippen molar-refractivity contribution in [3.63, 3.8) is 0 Å². The van der Waals surface area contributed by atoms with Crippen LogP contribution in [0.1, 0.15) is 0 Å². The fourth-order valence-corrected chi connectivity index (χ4v) is 2.91. The molecule has 0 aliphatic carbocycles. The quantitative estimate of drug-likeness (QED) is 0.341. The highest BCUT2D eigenvalue weighted by atomic mass is 15.1. The van der Waals surface area contributed by atoms with Crippen LogP contribution in [0.25, 0.3) is 0 Å². The summed E-state index contributed by atoms with van der Waals surface area (Å²) in [4.78, 5) is 2.21. The Labute approximate surface area is 159 Å². The summed E-state index contributed by atoms with van der Waals surface area (Å²) in [5.74, 6) is 0. The number of anilines is 3. The minimum atomic E-state index is 0.813. The van der Waals surface area contributed by atoms with Crippen LogP contribution >= 0.6 is 0 Å². The summed E-state index contributed by atoms with van der Waals surface area (Å²) < 4.78 is 0. The molecule has 0 atom stereocenters. The molecule has 4 rings (SSSR count). The van der Waals surface area contributed by atoms with Gasteiger partial charge in [0, 0.05) is 17.1 Å². The Morgan fingerprint density at radius 1 is 0.407 bits per heavy atom. The van der Waals surface area contributed by atoms with Crippen LogP contribution in [0.2, 0.25) is 0 Å². The average molecular weight is 349 g/mol. The molecular formula is C24H19N3. The van der Waals surface area contributed by atoms with Crippen molar-refractivity contribution in [3.05, 3.63) is 115 Å². The van der Waals surface area contributed by atoms with Gasteiger partial charge >= 0.3 is 0 Å². The van der Waals surface area contributed by atoms with Gasteiger partial charge in [-0.3, -0.25) is 0 Å². The maximum atomic E-state index is 4.41. The zero-order chi connectivity index (χ0) is 18.3. The van der Waals surface area contributed by atoms with Crippen LogP contribution < -0.4 is 4.90 Å². The van der Waals surface area contributed by atoms with Crippen LogP contribution in [0.4, 0.5) is 28.4 Å². The number of para-hydroxylation sites is 2. The molecule has 0 aromatic heterocycles. The lowest BCUT2D eigenvalue weighted by molar-refractivity contribution is 1.22. The third-order valence-electron chi connectivity index (χ3n) is 4.15. The van der Waals surface area contributed by atoms with Gasteiger partial charge in [0.25, 0.3) is 0 Å². The van der Waals surface area contributed by atoms with Crippen molar-refractivity contribution in [1.29, 1.82) is 0 Å². The van der Waals surface area contributed by atoms with E-state index >= 15 is 0 Å². The van der Waals surface area contributed by atoms with Crippen LogP contribution in [-0.4, -0.2) is 0 Å². The Balaban J connectivity index is 1.72. The first-order valence-electron chi connectivity index (χ1n) is 8.87. The predicted octanol–water partition coefficient (Wildman–Crippen LogP) is 7.57. The Bertz CT molecular complexity index is 973. The second kappa shape index (κ2) is 8.11. The van der Waals surface area contributed by atoms with Crippen molar-refractivity contribution >= 4 is 28.4 Å². The van der Waals surface area contributed by atoms with E-state index in [4.69, 9.17) is 0 Å². The van der Waals surface area contributed by atoms with Gasteiger partial charge in [-0.1, -0.05) is 60.7 Å². The largest absolute Gasteiger partial charge is 0.310 e. The molecule has 0 radical (unpaired) electrons. The SMILES string of the molecule is c1ccc(N=Nc2cccc(N(c3ccccc3)c3ccccc3)c2)cc1. The molecule has 4 aromatic carbocycles. The van der Waals surface area contributed by atoms with Crippen molar-refractivity contribution < 1.29 is 0 Å². The molecule has 0 amide bonds. The normalized spacial score (nSPS) is 10.8. The Morgan fingerprint density at radius 3 is 1.44 bits per heavy atom. The lowest BCUT2D eigenvalue weighted by Crippen LogP contribution is -2.09. The number of nitrogens with zero attached hydrogens (tertiary/aromatic N) is 3. The molecule has 0 N–H and O–H groups in total. The van der Waals surface area contributed by atoms with Crippen LogP contribution in [0, 0.1) is 0 Å². The van der Waals surface area contributed by atoms with Crippen LogP contribution in [0.5, 0.6) is 0 Å². The summed E-state index contributed by atoms with van der Waals surface area (Å²) in [6.45, 7) is 0. The topological polar surface area (TPSA) is 28.0 Å². The summed E-state index contributed by atoms with van der Waals surface area (Å²) in [6.07, 6.45) is 0. The molecule has 0 saturated heterocycles. The molecule has 0 saturated carbocycles. The van der Waals surface area contributed by atoms with E-state index in [2.05, 4.69) is 45.5 Å². The van der Waals surface area contributed by atoms with Gasteiger partial charge in [0.05, 0.1) is 11.4 Å². The molecule has 0 fully saturated rings. The molecule has 0 bridgehead atoms. The van der Waals surface area contributed by atoms with E-state index in [9.17, 15) is 0 Å². The van der Waals surface area contributed by atoms with E-state index in [1.165, 1.54) is 0 Å². The molecule has 0 unspecified atom stereocenters. The average Bonchev–Trinajstić information content (AvgIpc) is 2.75. The van der Waals surface area contributed by atoms with Gasteiger partial charge in [0.15, 0.2) is 0 Å². The molecule has 3 nitrogen and oxygen atoms in total. The van der Waals surface area contributed by atoms with Gasteiger partial charge in [-0.2, -0.15) is 10.2 Å². The molecule has 0 spiro atoms. The molecule has 0 aliphatic heterocycles. The highest BCUT2D eigenvalue weighted by Crippen LogP contribution is 2.35. The lowest BCUT2D eigenvalue weighted by atomic mass is 10.2. The van der Waals surface area contributed by atoms with E-state index in [-0.39, 0.29) is 0 Å². The zero-order valence-corrected chi connectivity index (χ0v) is 14.8. The van der Waals surface area contributed by atoms with Gasteiger partial charge in [-0.25, -0.2) is 0 Å². The second-order valence-corrected chi connectivity index (χ2v) is 6.06. The fourth-order valence-electron chi connectivity index (χ4n) is 2.91. The first-order chi connectivity index (χ1) is 13.4. The highest BCUT2D eigenvalue weighted by Gasteiger charge is 2.11. The van der Waals surface area contributed by atoms with Crippen LogP contribution in [0.3, 0.4) is 0 Å². The summed E-state index contributed by atoms with van der Waals surface area (Å²) in [5.41, 5.74) is 4.89. The number of azo groups is 1. The van der Waals surface area contributed by atoms with Gasteiger partial charge < -0.3 is 4.90 Å². The second-order valence-electron chi connectivity index (χ2n) is 6.06. The standard InChI is InChI=1S/C24H19N3/c1-4-11-20(12-5-1)25-26-21-13-10-18-24(19-21)27(22-14-6-2-7-15-22)23-16-8-3-9-17-23/h1-19H. The van der Waals surface area contributed by atoms with E-state index in [0.717, 1.165) is 28.4 Å². The minimum Gasteiger partial charge on any atom is -0.310 e. The maximum absolute atomic E-state index is 4.41. The third-order valence-corrected chi connectivity index (χ3v) is 4.15. The highest BCUT2D eigenvalue weighted by molar-refractivity contribution is 5.77. The van der Waals surface area contributed by atoms with Gasteiger partial charge in [-0.05, 0) is 54.6 Å². The smallest absolute Gasteiger partial charge is 0.0877 e. The van der Waals surface area contributed by atoms with Crippen molar-refractivity contribution in [2.45, 2.75) is 0 Å². The molecule has 3 heteroatoms. The third kappa shape index (κ3) is 4.10. The van der Waals surface area contributed by atoms with Crippen molar-refractivity contribution in [2.24, 2.45) is 10.2 Å². The Kier molecular flexibility index (Phi) is 5.02. The number of hydrogen-bond donors (Lipinski definition) is 0. The van der Waals surface area contributed by atoms with E-state index < -0.39 is 0 Å². The summed E-state index contributed by atoms with van der Waals surface area (Å²) in [6, 6.07) is 38.5. The molecule has 4 aromatic rings. The summed E-state index contributed by atoms with van der Waals surface area (Å²) >= 11 is 0. The number of hydrogen-bond acceptors (Lipinski definition) is 3. The van der Waals surface area contributed by atoms with Crippen molar-refractivity contribution in [3.8, 4) is 0 Å². The first-order valence-corrected chi connectivity index (χ1v) is 8.87. The number of rotatable bonds is 5. The van der Waals surface area contributed by atoms with E-state index in [1.807, 2.05) is 84.9 Å². The van der Waals surface area contributed by atoms with Gasteiger partial charge in [0.1, 0.15) is 0 Å². The molecule has 0 aliphatic rings. The lowest BCUT2D eigenvalue weighted by Gasteiger charge is -2.25. The molecular weight excluding hydrogens is 330 g/mol. The first kappa shape index (κ1) is 16.7. The van der Waals surface area contributed by atoms with Crippen molar-refractivity contribution in [1.82, 2.24) is 0 Å². The Hall–Kier alpha value is -3.72. The van der Waals surface area contributed by atoms with Gasteiger partial charge in [-0.15, -0.1) is 0 Å². The van der Waals surface area contributed by atoms with Crippen LogP contribution in [0.15, 0.2) is 125 Å². The maximum Gasteiger partial charge on any atom is 0.0877 e. The van der Waals surface area contributed by atoms with E-state index in [1.54, 1.807) is 0 Å². The zero-order valence-electron chi connectivity index (χ0n) is 14.8. The van der Waals surface area contributed by atoms with Crippen LogP contribution in [-0.2, 0) is 0 Å². The van der Waals surface area contributed by atoms with E-state index in [0.29, 0.717) is 0 Å². The summed E-state index contributed by atoms with van der Waals surface area (Å²) in [7, 11) is 0.